The molecule has 3 heterocycles. The van der Waals surface area contributed by atoms with E-state index in [1.54, 1.807) is 4.90 Å². The van der Waals surface area contributed by atoms with Crippen LogP contribution in [0.3, 0.4) is 0 Å². The summed E-state index contributed by atoms with van der Waals surface area (Å²) in [6.45, 7) is 0.613. The summed E-state index contributed by atoms with van der Waals surface area (Å²) in [5, 5.41) is -0.105. The summed E-state index contributed by atoms with van der Waals surface area (Å²) >= 11 is 5.96. The lowest BCUT2D eigenvalue weighted by atomic mass is 10.0. The monoisotopic (exact) mass is 393 g/mol. The Balaban J connectivity index is 1.63. The highest BCUT2D eigenvalue weighted by Gasteiger charge is 2.32. The number of hydrogen-bond donors (Lipinski definition) is 0. The number of rotatable bonds is 2. The minimum absolute atomic E-state index is 0.00626. The minimum atomic E-state index is -4.50. The molecule has 0 saturated heterocycles. The maximum atomic E-state index is 12.9. The van der Waals surface area contributed by atoms with Gasteiger partial charge in [0.2, 0.25) is 5.91 Å². The highest BCUT2D eigenvalue weighted by atomic mass is 35.5. The topological polar surface area (TPSA) is 37.6 Å². The van der Waals surface area contributed by atoms with Crippen LogP contribution >= 0.6 is 11.6 Å². The quantitative estimate of drug-likeness (QED) is 0.641. The summed E-state index contributed by atoms with van der Waals surface area (Å²) in [6, 6.07) is 8.57. The van der Waals surface area contributed by atoms with E-state index in [2.05, 4.69) is 4.98 Å². The molecular formula is C19H15ClF3N3O. The summed E-state index contributed by atoms with van der Waals surface area (Å²) < 4.78 is 40.0. The Kier molecular flexibility index (Phi) is 4.34. The van der Waals surface area contributed by atoms with Crippen molar-refractivity contribution < 1.29 is 18.0 Å². The summed E-state index contributed by atoms with van der Waals surface area (Å²) in [5.74, 6) is -0.141. The number of anilines is 1. The van der Waals surface area contributed by atoms with Gasteiger partial charge in [0.25, 0.3) is 0 Å². The maximum Gasteiger partial charge on any atom is 0.417 e. The molecule has 1 aromatic carbocycles. The Labute approximate surface area is 158 Å². The fourth-order valence-electron chi connectivity index (χ4n) is 3.39. The number of amides is 1. The van der Waals surface area contributed by atoms with Crippen molar-refractivity contribution in [3.05, 3.63) is 64.6 Å². The van der Waals surface area contributed by atoms with E-state index in [1.807, 2.05) is 24.3 Å². The van der Waals surface area contributed by atoms with Crippen LogP contribution in [0.25, 0.3) is 5.65 Å². The lowest BCUT2D eigenvalue weighted by molar-refractivity contribution is -0.137. The molecule has 0 N–H and O–H groups in total. The molecule has 0 bridgehead atoms. The van der Waals surface area contributed by atoms with Crippen molar-refractivity contribution >= 4 is 28.8 Å². The normalized spacial score (nSPS) is 14.4. The van der Waals surface area contributed by atoms with E-state index in [0.717, 1.165) is 36.4 Å². The molecule has 8 heteroatoms. The minimum Gasteiger partial charge on any atom is -0.312 e. The molecule has 3 aromatic rings. The summed E-state index contributed by atoms with van der Waals surface area (Å²) in [4.78, 5) is 18.7. The van der Waals surface area contributed by atoms with Gasteiger partial charge in [0.1, 0.15) is 0 Å². The third-order valence-corrected chi connectivity index (χ3v) is 4.91. The van der Waals surface area contributed by atoms with Crippen molar-refractivity contribution in [1.29, 1.82) is 0 Å². The molecule has 0 unspecified atom stereocenters. The number of benzene rings is 1. The zero-order valence-electron chi connectivity index (χ0n) is 14.1. The van der Waals surface area contributed by atoms with E-state index < -0.39 is 11.7 Å². The first kappa shape index (κ1) is 17.9. The van der Waals surface area contributed by atoms with Crippen LogP contribution in [0, 0.1) is 0 Å². The van der Waals surface area contributed by atoms with Crippen molar-refractivity contribution in [3.63, 3.8) is 0 Å². The van der Waals surface area contributed by atoms with Crippen LogP contribution in [0.1, 0.15) is 23.2 Å². The van der Waals surface area contributed by atoms with Gasteiger partial charge in [0.15, 0.2) is 5.65 Å². The molecule has 0 aliphatic carbocycles. The second-order valence-electron chi connectivity index (χ2n) is 6.49. The first-order chi connectivity index (χ1) is 12.8. The number of pyridine rings is 1. The fourth-order valence-corrected chi connectivity index (χ4v) is 3.65. The molecule has 4 nitrogen and oxygen atoms in total. The number of hydrogen-bond acceptors (Lipinski definition) is 2. The van der Waals surface area contributed by atoms with E-state index in [9.17, 15) is 18.0 Å². The maximum absolute atomic E-state index is 12.9. The number of imidazole rings is 1. The van der Waals surface area contributed by atoms with E-state index in [-0.39, 0.29) is 23.0 Å². The van der Waals surface area contributed by atoms with E-state index in [1.165, 1.54) is 10.6 Å². The fraction of sp³-hybridized carbons (Fsp3) is 0.263. The number of alkyl halides is 3. The van der Waals surface area contributed by atoms with Crippen molar-refractivity contribution in [3.8, 4) is 0 Å². The van der Waals surface area contributed by atoms with Gasteiger partial charge < -0.3 is 9.30 Å². The second kappa shape index (κ2) is 6.56. The van der Waals surface area contributed by atoms with Gasteiger partial charge in [0, 0.05) is 24.6 Å². The van der Waals surface area contributed by atoms with Crippen LogP contribution in [-0.2, 0) is 23.8 Å². The SMILES string of the molecule is O=C(Cc1cn2cc(C(F)(F)F)cc(Cl)c2n1)N1CCCc2ccccc21. The largest absolute Gasteiger partial charge is 0.417 e. The Morgan fingerprint density at radius 3 is 2.78 bits per heavy atom. The van der Waals surface area contributed by atoms with Gasteiger partial charge in [0.05, 0.1) is 22.7 Å². The van der Waals surface area contributed by atoms with E-state index in [4.69, 9.17) is 11.6 Å². The molecule has 1 amide bonds. The number of aryl methyl sites for hydroxylation is 1. The predicted octanol–water partition coefficient (Wildman–Crippen LogP) is 4.53. The molecule has 1 aliphatic heterocycles. The Morgan fingerprint density at radius 1 is 1.22 bits per heavy atom. The lowest BCUT2D eigenvalue weighted by Gasteiger charge is -2.29. The molecule has 27 heavy (non-hydrogen) atoms. The molecule has 0 fully saturated rings. The molecule has 2 aromatic heterocycles. The zero-order valence-corrected chi connectivity index (χ0v) is 14.9. The Morgan fingerprint density at radius 2 is 2.00 bits per heavy atom. The number of nitrogens with zero attached hydrogens (tertiary/aromatic N) is 3. The van der Waals surface area contributed by atoms with Gasteiger partial charge in [-0.1, -0.05) is 29.8 Å². The van der Waals surface area contributed by atoms with Gasteiger partial charge in [-0.05, 0) is 30.5 Å². The van der Waals surface area contributed by atoms with Gasteiger partial charge in [-0.25, -0.2) is 4.98 Å². The molecular weight excluding hydrogens is 379 g/mol. The van der Waals surface area contributed by atoms with Crippen LogP contribution in [0.2, 0.25) is 5.02 Å². The summed E-state index contributed by atoms with van der Waals surface area (Å²) in [5.41, 5.74) is 1.72. The number of carbonyl (C=O) groups excluding carboxylic acids is 1. The van der Waals surface area contributed by atoms with Gasteiger partial charge in [-0.15, -0.1) is 0 Å². The zero-order chi connectivity index (χ0) is 19.2. The molecule has 4 rings (SSSR count). The first-order valence-corrected chi connectivity index (χ1v) is 8.83. The van der Waals surface area contributed by atoms with Gasteiger partial charge in [-0.2, -0.15) is 13.2 Å². The molecule has 0 saturated carbocycles. The number of carbonyl (C=O) groups is 1. The summed E-state index contributed by atoms with van der Waals surface area (Å²) in [7, 11) is 0. The Hall–Kier alpha value is -2.54. The van der Waals surface area contributed by atoms with E-state index in [0.29, 0.717) is 12.2 Å². The lowest BCUT2D eigenvalue weighted by Crippen LogP contribution is -2.36. The van der Waals surface area contributed by atoms with Crippen molar-refractivity contribution in [2.75, 3.05) is 11.4 Å². The third kappa shape index (κ3) is 3.39. The van der Waals surface area contributed by atoms with Crippen LogP contribution in [-0.4, -0.2) is 21.8 Å². The second-order valence-corrected chi connectivity index (χ2v) is 6.90. The van der Waals surface area contributed by atoms with Crippen LogP contribution in [0.4, 0.5) is 18.9 Å². The van der Waals surface area contributed by atoms with E-state index >= 15 is 0 Å². The smallest absolute Gasteiger partial charge is 0.312 e. The highest BCUT2D eigenvalue weighted by Crippen LogP contribution is 2.32. The van der Waals surface area contributed by atoms with Crippen LogP contribution < -0.4 is 4.90 Å². The van der Waals surface area contributed by atoms with Crippen molar-refractivity contribution in [2.24, 2.45) is 0 Å². The predicted molar refractivity (Wildman–Crippen MR) is 96.0 cm³/mol. The molecule has 140 valence electrons. The average molecular weight is 394 g/mol. The number of halogens is 4. The van der Waals surface area contributed by atoms with Gasteiger partial charge in [-0.3, -0.25) is 4.79 Å². The molecule has 1 aliphatic rings. The molecule has 0 atom stereocenters. The average Bonchev–Trinajstić information content (AvgIpc) is 3.03. The summed E-state index contributed by atoms with van der Waals surface area (Å²) in [6.07, 6.45) is -0.370. The van der Waals surface area contributed by atoms with Crippen LogP contribution in [0.15, 0.2) is 42.7 Å². The highest BCUT2D eigenvalue weighted by molar-refractivity contribution is 6.33. The van der Waals surface area contributed by atoms with Crippen molar-refractivity contribution in [1.82, 2.24) is 9.38 Å². The number of fused-ring (bicyclic) bond motifs is 2. The van der Waals surface area contributed by atoms with Gasteiger partial charge >= 0.3 is 6.18 Å². The Bertz CT molecular complexity index is 1030. The standard InChI is InChI=1S/C19H15ClF3N3O/c20-15-8-13(19(21,22)23)10-25-11-14(24-18(15)25)9-17(27)26-7-3-5-12-4-1-2-6-16(12)26/h1-2,4,6,8,10-11H,3,5,7,9H2. The third-order valence-electron chi connectivity index (χ3n) is 4.63. The van der Waals surface area contributed by atoms with Crippen molar-refractivity contribution in [2.45, 2.75) is 25.4 Å². The van der Waals surface area contributed by atoms with Crippen LogP contribution in [0.5, 0.6) is 0 Å². The molecule has 0 radical (unpaired) electrons. The molecule has 0 spiro atoms. The number of aromatic nitrogens is 2. The number of para-hydroxylation sites is 1. The first-order valence-electron chi connectivity index (χ1n) is 8.45.